The molecule has 0 saturated carbocycles. The molecule has 5 nitrogen and oxygen atoms in total. The summed E-state index contributed by atoms with van der Waals surface area (Å²) in [6.07, 6.45) is 3.06. The summed E-state index contributed by atoms with van der Waals surface area (Å²) in [5.74, 6) is -0.250. The number of carbonyl (C=O) groups excluding carboxylic acids is 2. The van der Waals surface area contributed by atoms with Crippen LogP contribution in [-0.2, 0) is 9.59 Å². The quantitative estimate of drug-likeness (QED) is 0.341. The van der Waals surface area contributed by atoms with E-state index in [0.717, 1.165) is 33.5 Å². The summed E-state index contributed by atoms with van der Waals surface area (Å²) in [5, 5.41) is 8.62. The predicted octanol–water partition coefficient (Wildman–Crippen LogP) is 5.09. The van der Waals surface area contributed by atoms with Crippen LogP contribution in [0.2, 0.25) is 0 Å². The lowest BCUT2D eigenvalue weighted by Crippen LogP contribution is -2.31. The van der Waals surface area contributed by atoms with Crippen molar-refractivity contribution in [2.24, 2.45) is 0 Å². The minimum absolute atomic E-state index is 0.0735. The number of hydrogen-bond donors (Lipinski definition) is 2. The van der Waals surface area contributed by atoms with Gasteiger partial charge in [0.05, 0.1) is 5.69 Å². The van der Waals surface area contributed by atoms with Crippen LogP contribution < -0.4 is 10.4 Å². The van der Waals surface area contributed by atoms with Crippen molar-refractivity contribution in [2.45, 2.75) is 42.2 Å². The molecule has 148 valence electrons. The molecule has 7 heteroatoms. The molecule has 2 N–H and O–H groups in total. The number of amides is 2. The highest BCUT2D eigenvalue weighted by Crippen LogP contribution is 2.45. The number of fused-ring (bicyclic) bond motifs is 1. The first-order valence-corrected chi connectivity index (χ1v) is 11.0. The first kappa shape index (κ1) is 20.9. The highest BCUT2D eigenvalue weighted by Gasteiger charge is 2.28. The Morgan fingerprint density at radius 1 is 1.18 bits per heavy atom. The Labute approximate surface area is 177 Å². The summed E-state index contributed by atoms with van der Waals surface area (Å²) in [6.45, 7) is 0.627. The fourth-order valence-electron chi connectivity index (χ4n) is 3.30. The average Bonchev–Trinajstić information content (AvgIpc) is 2.84. The third-order valence-electron chi connectivity index (χ3n) is 4.72. The molecule has 0 fully saturated rings. The summed E-state index contributed by atoms with van der Waals surface area (Å²) in [6, 6.07) is 16.2. The van der Waals surface area contributed by atoms with Crippen molar-refractivity contribution < 1.29 is 14.8 Å². The first-order valence-electron chi connectivity index (χ1n) is 9.33. The van der Waals surface area contributed by atoms with E-state index < -0.39 is 0 Å². The zero-order valence-electron chi connectivity index (χ0n) is 15.4. The molecule has 2 amide bonds. The number of carbonyl (C=O) groups is 2. The first-order chi connectivity index (χ1) is 13.6. The van der Waals surface area contributed by atoms with Crippen LogP contribution in [0.25, 0.3) is 0 Å². The molecule has 28 heavy (non-hydrogen) atoms. The second kappa shape index (κ2) is 10.1. The lowest BCUT2D eigenvalue weighted by atomic mass is 10.1. The summed E-state index contributed by atoms with van der Waals surface area (Å²) >= 11 is 5.26. The highest BCUT2D eigenvalue weighted by molar-refractivity contribution is 9.10. The van der Waals surface area contributed by atoms with E-state index in [9.17, 15) is 9.59 Å². The molecule has 1 aliphatic heterocycles. The molecular formula is C21H23BrN2O3S. The van der Waals surface area contributed by atoms with E-state index in [4.69, 9.17) is 5.21 Å². The summed E-state index contributed by atoms with van der Waals surface area (Å²) < 4.78 is 1.01. The van der Waals surface area contributed by atoms with E-state index in [1.165, 1.54) is 0 Å². The van der Waals surface area contributed by atoms with Crippen LogP contribution in [-0.4, -0.2) is 23.6 Å². The lowest BCUT2D eigenvalue weighted by Gasteiger charge is -2.22. The minimum Gasteiger partial charge on any atom is -0.311 e. The van der Waals surface area contributed by atoms with Crippen molar-refractivity contribution in [3.05, 3.63) is 58.6 Å². The molecule has 1 unspecified atom stereocenters. The number of nitrogens with one attached hydrogen (secondary N) is 1. The van der Waals surface area contributed by atoms with E-state index in [2.05, 4.69) is 34.1 Å². The number of rotatable bonds is 7. The van der Waals surface area contributed by atoms with Crippen molar-refractivity contribution >= 4 is 45.2 Å². The van der Waals surface area contributed by atoms with Gasteiger partial charge < -0.3 is 4.90 Å². The molecule has 3 rings (SSSR count). The standard InChI is InChI=1S/C21H23BrN2O3S/c22-16-8-6-7-15(13-16)19-14-21(26)24(12-5-1-2-11-20(25)23-27)17-9-3-4-10-18(17)28-19/h3-4,6-10,13,19,27H,1-2,5,11-12,14H2,(H,23,25). The van der Waals surface area contributed by atoms with Gasteiger partial charge in [-0.05, 0) is 42.7 Å². The highest BCUT2D eigenvalue weighted by atomic mass is 79.9. The van der Waals surface area contributed by atoms with Crippen LogP contribution >= 0.6 is 27.7 Å². The van der Waals surface area contributed by atoms with Gasteiger partial charge in [-0.1, -0.05) is 46.6 Å². The van der Waals surface area contributed by atoms with Crippen LogP contribution in [0, 0.1) is 0 Å². The van der Waals surface area contributed by atoms with Gasteiger partial charge >= 0.3 is 0 Å². The van der Waals surface area contributed by atoms with Crippen LogP contribution in [0.1, 0.15) is 42.9 Å². The fraction of sp³-hybridized carbons (Fsp3) is 0.333. The second-order valence-corrected chi connectivity index (χ2v) is 8.88. The zero-order valence-corrected chi connectivity index (χ0v) is 17.8. The number of anilines is 1. The van der Waals surface area contributed by atoms with Crippen molar-refractivity contribution in [3.63, 3.8) is 0 Å². The third-order valence-corrected chi connectivity index (χ3v) is 6.53. The van der Waals surface area contributed by atoms with Gasteiger partial charge in [0, 0.05) is 34.0 Å². The van der Waals surface area contributed by atoms with E-state index in [0.29, 0.717) is 25.8 Å². The molecule has 0 bridgehead atoms. The van der Waals surface area contributed by atoms with Gasteiger partial charge in [0.2, 0.25) is 11.8 Å². The van der Waals surface area contributed by atoms with Gasteiger partial charge in [-0.2, -0.15) is 0 Å². The number of unbranched alkanes of at least 4 members (excludes halogenated alkanes) is 2. The van der Waals surface area contributed by atoms with Crippen LogP contribution in [0.4, 0.5) is 5.69 Å². The molecule has 1 aliphatic rings. The number of para-hydroxylation sites is 1. The lowest BCUT2D eigenvalue weighted by molar-refractivity contribution is -0.129. The molecule has 0 radical (unpaired) electrons. The van der Waals surface area contributed by atoms with Crippen LogP contribution in [0.5, 0.6) is 0 Å². The van der Waals surface area contributed by atoms with E-state index in [1.807, 2.05) is 35.2 Å². The number of benzene rings is 2. The fourth-order valence-corrected chi connectivity index (χ4v) is 4.99. The molecular weight excluding hydrogens is 440 g/mol. The van der Waals surface area contributed by atoms with Crippen molar-refractivity contribution in [3.8, 4) is 0 Å². The summed E-state index contributed by atoms with van der Waals surface area (Å²) in [7, 11) is 0. The van der Waals surface area contributed by atoms with Crippen molar-refractivity contribution in [1.29, 1.82) is 0 Å². The van der Waals surface area contributed by atoms with Crippen LogP contribution in [0.15, 0.2) is 57.9 Å². The number of hydrogen-bond acceptors (Lipinski definition) is 4. The van der Waals surface area contributed by atoms with Crippen molar-refractivity contribution in [2.75, 3.05) is 11.4 Å². The normalized spacial score (nSPS) is 16.4. The Hall–Kier alpha value is -1.83. The Morgan fingerprint density at radius 2 is 2.00 bits per heavy atom. The number of nitrogens with zero attached hydrogens (tertiary/aromatic N) is 1. The molecule has 2 aromatic rings. The maximum absolute atomic E-state index is 13.1. The monoisotopic (exact) mass is 462 g/mol. The predicted molar refractivity (Wildman–Crippen MR) is 115 cm³/mol. The molecule has 1 atom stereocenters. The Morgan fingerprint density at radius 3 is 2.79 bits per heavy atom. The van der Waals surface area contributed by atoms with E-state index in [1.54, 1.807) is 17.2 Å². The van der Waals surface area contributed by atoms with Gasteiger partial charge in [-0.25, -0.2) is 5.48 Å². The summed E-state index contributed by atoms with van der Waals surface area (Å²) in [4.78, 5) is 27.2. The minimum atomic E-state index is -0.371. The number of hydroxylamine groups is 1. The SMILES string of the molecule is O=C(CCCCCN1C(=O)CC(c2cccc(Br)c2)Sc2ccccc21)NO. The molecule has 2 aromatic carbocycles. The van der Waals surface area contributed by atoms with Gasteiger partial charge in [-0.15, -0.1) is 11.8 Å². The van der Waals surface area contributed by atoms with Gasteiger partial charge in [0.15, 0.2) is 0 Å². The Bertz CT molecular complexity index is 846. The molecule has 0 aromatic heterocycles. The van der Waals surface area contributed by atoms with E-state index >= 15 is 0 Å². The van der Waals surface area contributed by atoms with Gasteiger partial charge in [0.1, 0.15) is 0 Å². The zero-order chi connectivity index (χ0) is 19.9. The van der Waals surface area contributed by atoms with E-state index in [-0.39, 0.29) is 17.1 Å². The maximum Gasteiger partial charge on any atom is 0.243 e. The number of halogens is 1. The van der Waals surface area contributed by atoms with Gasteiger partial charge in [-0.3, -0.25) is 14.8 Å². The van der Waals surface area contributed by atoms with Crippen molar-refractivity contribution in [1.82, 2.24) is 5.48 Å². The largest absolute Gasteiger partial charge is 0.311 e. The van der Waals surface area contributed by atoms with Crippen LogP contribution in [0.3, 0.4) is 0 Å². The topological polar surface area (TPSA) is 69.6 Å². The maximum atomic E-state index is 13.1. The third kappa shape index (κ3) is 5.37. The molecule has 1 heterocycles. The number of thioether (sulfide) groups is 1. The molecule has 0 spiro atoms. The Kier molecular flexibility index (Phi) is 7.53. The summed E-state index contributed by atoms with van der Waals surface area (Å²) in [5.41, 5.74) is 3.75. The molecule has 0 saturated heterocycles. The second-order valence-electron chi connectivity index (χ2n) is 6.72. The Balaban J connectivity index is 1.72. The van der Waals surface area contributed by atoms with Gasteiger partial charge in [0.25, 0.3) is 0 Å². The average molecular weight is 463 g/mol. The molecule has 0 aliphatic carbocycles. The smallest absolute Gasteiger partial charge is 0.243 e.